The number of hydrogen-bond acceptors (Lipinski definition) is 2. The Morgan fingerprint density at radius 2 is 1.82 bits per heavy atom. The van der Waals surface area contributed by atoms with Crippen molar-refractivity contribution in [2.24, 2.45) is 0 Å². The van der Waals surface area contributed by atoms with Crippen LogP contribution in [0.2, 0.25) is 0 Å². The van der Waals surface area contributed by atoms with Gasteiger partial charge in [0.2, 0.25) is 0 Å². The Morgan fingerprint density at radius 1 is 1.14 bits per heavy atom. The highest BCUT2D eigenvalue weighted by atomic mass is 79.9. The molecule has 0 unspecified atom stereocenters. The summed E-state index contributed by atoms with van der Waals surface area (Å²) in [6.07, 6.45) is 2.64. The van der Waals surface area contributed by atoms with E-state index >= 15 is 0 Å². The first kappa shape index (κ1) is 16.5. The van der Waals surface area contributed by atoms with Gasteiger partial charge in [-0.05, 0) is 37.5 Å². The summed E-state index contributed by atoms with van der Waals surface area (Å²) < 4.78 is 6.09. The fourth-order valence-electron chi connectivity index (χ4n) is 2.24. The van der Waals surface area contributed by atoms with E-state index in [1.807, 2.05) is 49.4 Å². The molecular formula is C19H19BrO2. The number of ether oxygens (including phenoxy) is 1. The highest BCUT2D eigenvalue weighted by Gasteiger charge is 2.15. The molecule has 0 aromatic heterocycles. The smallest absolute Gasteiger partial charge is 0.338 e. The van der Waals surface area contributed by atoms with Crippen molar-refractivity contribution in [3.63, 3.8) is 0 Å². The van der Waals surface area contributed by atoms with Gasteiger partial charge >= 0.3 is 5.97 Å². The van der Waals surface area contributed by atoms with Gasteiger partial charge in [0, 0.05) is 10.0 Å². The van der Waals surface area contributed by atoms with E-state index in [1.54, 1.807) is 0 Å². The Morgan fingerprint density at radius 3 is 2.50 bits per heavy atom. The van der Waals surface area contributed by atoms with Crippen LogP contribution in [0.15, 0.2) is 59.1 Å². The fourth-order valence-corrected chi connectivity index (χ4v) is 2.74. The average molecular weight is 359 g/mol. The minimum absolute atomic E-state index is 0.289. The van der Waals surface area contributed by atoms with E-state index in [0.717, 1.165) is 10.0 Å². The molecule has 2 rings (SSSR count). The number of allylic oxidation sites excluding steroid dienone is 1. The monoisotopic (exact) mass is 358 g/mol. The maximum Gasteiger partial charge on any atom is 0.338 e. The lowest BCUT2D eigenvalue weighted by atomic mass is 10.0. The Labute approximate surface area is 139 Å². The Kier molecular flexibility index (Phi) is 5.96. The van der Waals surface area contributed by atoms with Gasteiger partial charge in [0.15, 0.2) is 0 Å². The summed E-state index contributed by atoms with van der Waals surface area (Å²) >= 11 is 3.51. The quantitative estimate of drug-likeness (QED) is 0.558. The Bertz CT molecular complexity index is 689. The summed E-state index contributed by atoms with van der Waals surface area (Å²) in [7, 11) is 0. The van der Waals surface area contributed by atoms with E-state index in [9.17, 15) is 4.79 Å². The van der Waals surface area contributed by atoms with Gasteiger partial charge in [-0.3, -0.25) is 0 Å². The molecule has 0 saturated heterocycles. The molecule has 0 aliphatic rings. The topological polar surface area (TPSA) is 26.3 Å². The van der Waals surface area contributed by atoms with Gasteiger partial charge in [0.05, 0.1) is 12.2 Å². The standard InChI is InChI=1S/C19H19BrO2/c1-3-22-19(21)17(16-10-6-7-11-18(16)20)13-12-15-9-5-4-8-14(15)2/h4-11,13H,3,12H2,1-2H3. The molecule has 2 nitrogen and oxygen atoms in total. The first-order chi connectivity index (χ1) is 10.6. The Hall–Kier alpha value is -1.87. The van der Waals surface area contributed by atoms with Crippen molar-refractivity contribution in [2.75, 3.05) is 6.61 Å². The molecule has 22 heavy (non-hydrogen) atoms. The van der Waals surface area contributed by atoms with Crippen molar-refractivity contribution in [1.29, 1.82) is 0 Å². The van der Waals surface area contributed by atoms with Gasteiger partial charge in [0.25, 0.3) is 0 Å². The number of carbonyl (C=O) groups is 1. The van der Waals surface area contributed by atoms with Crippen LogP contribution < -0.4 is 0 Å². The normalized spacial score (nSPS) is 11.3. The number of aryl methyl sites for hydroxylation is 1. The van der Waals surface area contributed by atoms with Crippen LogP contribution in [0.25, 0.3) is 5.57 Å². The van der Waals surface area contributed by atoms with E-state index in [1.165, 1.54) is 11.1 Å². The van der Waals surface area contributed by atoms with Crippen LogP contribution in [-0.4, -0.2) is 12.6 Å². The van der Waals surface area contributed by atoms with Crippen LogP contribution in [0.1, 0.15) is 23.6 Å². The first-order valence-electron chi connectivity index (χ1n) is 7.30. The second-order valence-electron chi connectivity index (χ2n) is 4.95. The maximum absolute atomic E-state index is 12.3. The zero-order valence-corrected chi connectivity index (χ0v) is 14.4. The first-order valence-corrected chi connectivity index (χ1v) is 8.09. The number of carbonyl (C=O) groups excluding carboxylic acids is 1. The molecule has 2 aromatic rings. The molecule has 0 aliphatic heterocycles. The second-order valence-corrected chi connectivity index (χ2v) is 5.80. The van der Waals surface area contributed by atoms with E-state index in [0.29, 0.717) is 18.6 Å². The predicted molar refractivity (Wildman–Crippen MR) is 93.6 cm³/mol. The van der Waals surface area contributed by atoms with Crippen molar-refractivity contribution < 1.29 is 9.53 Å². The lowest BCUT2D eigenvalue weighted by Crippen LogP contribution is -2.08. The van der Waals surface area contributed by atoms with Crippen LogP contribution >= 0.6 is 15.9 Å². The third-order valence-electron chi connectivity index (χ3n) is 3.45. The van der Waals surface area contributed by atoms with Crippen LogP contribution in [0.3, 0.4) is 0 Å². The molecule has 0 N–H and O–H groups in total. The van der Waals surface area contributed by atoms with E-state index < -0.39 is 0 Å². The van der Waals surface area contributed by atoms with Gasteiger partial charge in [-0.25, -0.2) is 4.79 Å². The average Bonchev–Trinajstić information content (AvgIpc) is 2.51. The van der Waals surface area contributed by atoms with Gasteiger partial charge < -0.3 is 4.74 Å². The molecule has 0 heterocycles. The number of halogens is 1. The highest BCUT2D eigenvalue weighted by molar-refractivity contribution is 9.10. The molecular weight excluding hydrogens is 340 g/mol. The van der Waals surface area contributed by atoms with Crippen molar-refractivity contribution in [3.8, 4) is 0 Å². The summed E-state index contributed by atoms with van der Waals surface area (Å²) in [6.45, 7) is 4.26. The van der Waals surface area contributed by atoms with E-state index in [2.05, 4.69) is 35.0 Å². The SMILES string of the molecule is CCOC(=O)C(=CCc1ccccc1C)c1ccccc1Br. The predicted octanol–water partition coefficient (Wildman–Crippen LogP) is 4.95. The van der Waals surface area contributed by atoms with Gasteiger partial charge in [-0.1, -0.05) is 64.5 Å². The molecule has 0 bridgehead atoms. The summed E-state index contributed by atoms with van der Waals surface area (Å²) in [6, 6.07) is 15.9. The lowest BCUT2D eigenvalue weighted by Gasteiger charge is -2.10. The molecule has 3 heteroatoms. The second kappa shape index (κ2) is 7.95. The molecule has 0 saturated carbocycles. The zero-order chi connectivity index (χ0) is 15.9. The molecule has 0 aliphatic carbocycles. The summed E-state index contributed by atoms with van der Waals surface area (Å²) in [5, 5.41) is 0. The molecule has 0 fully saturated rings. The van der Waals surface area contributed by atoms with Crippen LogP contribution in [0.4, 0.5) is 0 Å². The zero-order valence-electron chi connectivity index (χ0n) is 12.8. The van der Waals surface area contributed by atoms with Crippen molar-refractivity contribution >= 4 is 27.5 Å². The maximum atomic E-state index is 12.3. The van der Waals surface area contributed by atoms with Gasteiger partial charge in [-0.15, -0.1) is 0 Å². The summed E-state index contributed by atoms with van der Waals surface area (Å²) in [5.74, 6) is -0.289. The summed E-state index contributed by atoms with van der Waals surface area (Å²) in [5.41, 5.74) is 3.87. The number of rotatable bonds is 5. The third-order valence-corrected chi connectivity index (χ3v) is 4.14. The largest absolute Gasteiger partial charge is 0.462 e. The third kappa shape index (κ3) is 4.08. The van der Waals surface area contributed by atoms with Crippen molar-refractivity contribution in [1.82, 2.24) is 0 Å². The van der Waals surface area contributed by atoms with Crippen molar-refractivity contribution in [2.45, 2.75) is 20.3 Å². The number of hydrogen-bond donors (Lipinski definition) is 0. The number of benzene rings is 2. The van der Waals surface area contributed by atoms with Crippen LogP contribution in [0.5, 0.6) is 0 Å². The van der Waals surface area contributed by atoms with Crippen LogP contribution in [0, 0.1) is 6.92 Å². The molecule has 0 amide bonds. The van der Waals surface area contributed by atoms with E-state index in [4.69, 9.17) is 4.74 Å². The minimum Gasteiger partial charge on any atom is -0.462 e. The molecule has 0 spiro atoms. The summed E-state index contributed by atoms with van der Waals surface area (Å²) in [4.78, 5) is 12.3. The van der Waals surface area contributed by atoms with Gasteiger partial charge in [0.1, 0.15) is 0 Å². The van der Waals surface area contributed by atoms with E-state index in [-0.39, 0.29) is 5.97 Å². The molecule has 0 radical (unpaired) electrons. The number of esters is 1. The van der Waals surface area contributed by atoms with Crippen LogP contribution in [-0.2, 0) is 16.0 Å². The minimum atomic E-state index is -0.289. The molecule has 2 aromatic carbocycles. The Balaban J connectivity index is 2.37. The lowest BCUT2D eigenvalue weighted by molar-refractivity contribution is -0.136. The highest BCUT2D eigenvalue weighted by Crippen LogP contribution is 2.26. The van der Waals surface area contributed by atoms with Gasteiger partial charge in [-0.2, -0.15) is 0 Å². The molecule has 114 valence electrons. The van der Waals surface area contributed by atoms with Crippen molar-refractivity contribution in [3.05, 3.63) is 75.8 Å². The molecule has 0 atom stereocenters. The fraction of sp³-hybridized carbons (Fsp3) is 0.211.